The van der Waals surface area contributed by atoms with Crippen molar-refractivity contribution in [1.29, 1.82) is 0 Å². The Bertz CT molecular complexity index is 1130. The second-order valence-electron chi connectivity index (χ2n) is 8.90. The van der Waals surface area contributed by atoms with Crippen LogP contribution in [0.3, 0.4) is 0 Å². The van der Waals surface area contributed by atoms with Crippen molar-refractivity contribution in [2.24, 2.45) is 5.92 Å². The van der Waals surface area contributed by atoms with Gasteiger partial charge in [-0.3, -0.25) is 19.3 Å². The molecule has 0 bridgehead atoms. The molecule has 0 spiro atoms. The van der Waals surface area contributed by atoms with Crippen LogP contribution >= 0.6 is 24.2 Å². The van der Waals surface area contributed by atoms with Gasteiger partial charge in [0.25, 0.3) is 0 Å². The third-order valence-electron chi connectivity index (χ3n) is 6.27. The van der Waals surface area contributed by atoms with E-state index in [1.165, 1.54) is 24.8 Å². The van der Waals surface area contributed by atoms with E-state index in [2.05, 4.69) is 4.98 Å². The minimum Gasteiger partial charge on any atom is -0.465 e. The molecule has 1 aromatic heterocycles. The standard InChI is InChI=1S/C26H30FN3O4S.ClH/c1-3-34-24(32)16-29-13-11-28-23(29)14-19-15-30(12-10-22(19)35-17(2)31)25(26(33)18-8-9-18)20-6-4-5-7-21(20)27;/h4-7,11,13-14,18,22,25H,3,8-10,12,15-16H2,1-2H3;1H/b19-14-;. The number of hydrogen-bond donors (Lipinski definition) is 0. The Labute approximate surface area is 220 Å². The summed E-state index contributed by atoms with van der Waals surface area (Å²) < 4.78 is 21.6. The summed E-state index contributed by atoms with van der Waals surface area (Å²) in [5, 5.41) is -0.0854. The van der Waals surface area contributed by atoms with Crippen LogP contribution in [0.5, 0.6) is 0 Å². The third-order valence-corrected chi connectivity index (χ3v) is 7.42. The maximum Gasteiger partial charge on any atom is 0.325 e. The zero-order valence-corrected chi connectivity index (χ0v) is 22.0. The topological polar surface area (TPSA) is 81.5 Å². The predicted octanol–water partition coefficient (Wildman–Crippen LogP) is 4.46. The van der Waals surface area contributed by atoms with Crippen LogP contribution in [0.1, 0.15) is 50.5 Å². The van der Waals surface area contributed by atoms with Gasteiger partial charge >= 0.3 is 5.97 Å². The van der Waals surface area contributed by atoms with Gasteiger partial charge in [-0.15, -0.1) is 12.4 Å². The van der Waals surface area contributed by atoms with Gasteiger partial charge < -0.3 is 9.30 Å². The van der Waals surface area contributed by atoms with E-state index in [9.17, 15) is 18.8 Å². The number of carbonyl (C=O) groups is 3. The smallest absolute Gasteiger partial charge is 0.325 e. The fraction of sp³-hybridized carbons (Fsp3) is 0.462. The quantitative estimate of drug-likeness (QED) is 0.438. The van der Waals surface area contributed by atoms with E-state index in [0.29, 0.717) is 37.5 Å². The monoisotopic (exact) mass is 535 g/mol. The molecule has 36 heavy (non-hydrogen) atoms. The molecule has 10 heteroatoms. The molecule has 1 aliphatic carbocycles. The molecular weight excluding hydrogens is 505 g/mol. The average molecular weight is 536 g/mol. The van der Waals surface area contributed by atoms with Crippen LogP contribution in [0.4, 0.5) is 4.39 Å². The van der Waals surface area contributed by atoms with Gasteiger partial charge in [-0.25, -0.2) is 9.37 Å². The number of esters is 1. The predicted molar refractivity (Wildman–Crippen MR) is 139 cm³/mol. The first-order valence-corrected chi connectivity index (χ1v) is 12.8. The van der Waals surface area contributed by atoms with Gasteiger partial charge in [0, 0.05) is 49.1 Å². The van der Waals surface area contributed by atoms with Crippen molar-refractivity contribution in [3.8, 4) is 0 Å². The molecule has 7 nitrogen and oxygen atoms in total. The molecule has 0 N–H and O–H groups in total. The Morgan fingerprint density at radius 2 is 2.00 bits per heavy atom. The number of rotatable bonds is 9. The molecular formula is C26H31ClFN3O4S. The highest BCUT2D eigenvalue weighted by atomic mass is 35.5. The number of halogens is 2. The second-order valence-corrected chi connectivity index (χ2v) is 10.3. The van der Waals surface area contributed by atoms with Crippen LogP contribution in [-0.4, -0.2) is 56.3 Å². The minimum absolute atomic E-state index is 0. The van der Waals surface area contributed by atoms with Crippen molar-refractivity contribution < 1.29 is 23.5 Å². The number of piperidine rings is 1. The van der Waals surface area contributed by atoms with E-state index >= 15 is 0 Å². The molecule has 2 aromatic rings. The van der Waals surface area contributed by atoms with Crippen LogP contribution < -0.4 is 0 Å². The number of benzene rings is 1. The number of ketones is 1. The number of Topliss-reactive ketones (excluding diaryl/α,β-unsaturated/α-hetero) is 1. The van der Waals surface area contributed by atoms with Gasteiger partial charge in [0.2, 0.25) is 0 Å². The number of likely N-dealkylation sites (tertiary alicyclic amines) is 1. The van der Waals surface area contributed by atoms with Gasteiger partial charge in [0.05, 0.1) is 12.6 Å². The highest BCUT2D eigenvalue weighted by molar-refractivity contribution is 8.14. The summed E-state index contributed by atoms with van der Waals surface area (Å²) in [6.45, 7) is 4.58. The van der Waals surface area contributed by atoms with E-state index in [4.69, 9.17) is 4.74 Å². The number of imidazole rings is 1. The first-order chi connectivity index (χ1) is 16.9. The molecule has 2 fully saturated rings. The van der Waals surface area contributed by atoms with E-state index in [1.54, 1.807) is 42.1 Å². The molecule has 0 amide bonds. The highest BCUT2D eigenvalue weighted by Gasteiger charge is 2.41. The van der Waals surface area contributed by atoms with Crippen LogP contribution in [0.2, 0.25) is 0 Å². The van der Waals surface area contributed by atoms with E-state index in [-0.39, 0.29) is 52.8 Å². The SMILES string of the molecule is CCOC(=O)Cn1ccnc1/C=C1/CN(C(C(=O)C2CC2)c2ccccc2F)CCC1SC(C)=O.Cl. The van der Waals surface area contributed by atoms with Crippen LogP contribution in [0, 0.1) is 11.7 Å². The van der Waals surface area contributed by atoms with Crippen LogP contribution in [0.25, 0.3) is 6.08 Å². The zero-order valence-electron chi connectivity index (χ0n) is 20.4. The van der Waals surface area contributed by atoms with E-state index < -0.39 is 6.04 Å². The number of aromatic nitrogens is 2. The normalized spacial score (nSPS) is 20.0. The third kappa shape index (κ3) is 6.83. The molecule has 0 radical (unpaired) electrons. The summed E-state index contributed by atoms with van der Waals surface area (Å²) in [7, 11) is 0. The number of ether oxygens (including phenoxy) is 1. The van der Waals surface area contributed by atoms with Crippen LogP contribution in [0.15, 0.2) is 42.2 Å². The molecule has 2 aliphatic rings. The van der Waals surface area contributed by atoms with Crippen molar-refractivity contribution in [2.45, 2.75) is 50.9 Å². The molecule has 2 atom stereocenters. The Morgan fingerprint density at radius 3 is 2.67 bits per heavy atom. The summed E-state index contributed by atoms with van der Waals surface area (Å²) in [4.78, 5) is 43.7. The van der Waals surface area contributed by atoms with Crippen molar-refractivity contribution in [3.05, 3.63) is 59.4 Å². The lowest BCUT2D eigenvalue weighted by atomic mass is 9.93. The molecule has 4 rings (SSSR count). The summed E-state index contributed by atoms with van der Waals surface area (Å²) in [6.07, 6.45) is 7.51. The lowest BCUT2D eigenvalue weighted by molar-refractivity contribution is -0.143. The summed E-state index contributed by atoms with van der Waals surface area (Å²) in [5.74, 6) is -0.155. The lowest BCUT2D eigenvalue weighted by Crippen LogP contribution is -2.43. The fourth-order valence-corrected chi connectivity index (χ4v) is 5.42. The number of hydrogen-bond acceptors (Lipinski definition) is 7. The van der Waals surface area contributed by atoms with E-state index in [1.807, 2.05) is 11.0 Å². The lowest BCUT2D eigenvalue weighted by Gasteiger charge is -2.38. The van der Waals surface area contributed by atoms with Crippen molar-refractivity contribution in [2.75, 3.05) is 19.7 Å². The van der Waals surface area contributed by atoms with Crippen molar-refractivity contribution in [3.63, 3.8) is 0 Å². The Kier molecular flexibility index (Phi) is 9.87. The summed E-state index contributed by atoms with van der Waals surface area (Å²) in [6, 6.07) is 5.79. The minimum atomic E-state index is -0.672. The van der Waals surface area contributed by atoms with Gasteiger partial charge in [-0.1, -0.05) is 30.0 Å². The molecule has 1 saturated heterocycles. The molecule has 2 unspecified atom stereocenters. The Balaban J connectivity index is 0.00000361. The van der Waals surface area contributed by atoms with Gasteiger partial charge in [-0.2, -0.15) is 0 Å². The summed E-state index contributed by atoms with van der Waals surface area (Å²) >= 11 is 1.25. The number of carbonyl (C=O) groups excluding carboxylic acids is 3. The Hall–Kier alpha value is -2.49. The van der Waals surface area contributed by atoms with Gasteiger partial charge in [0.1, 0.15) is 18.2 Å². The molecule has 1 aromatic carbocycles. The first kappa shape index (κ1) is 28.1. The molecule has 1 aliphatic heterocycles. The Morgan fingerprint density at radius 1 is 1.25 bits per heavy atom. The van der Waals surface area contributed by atoms with Gasteiger partial charge in [0.15, 0.2) is 10.9 Å². The average Bonchev–Trinajstić information content (AvgIpc) is 3.58. The van der Waals surface area contributed by atoms with Crippen molar-refractivity contribution in [1.82, 2.24) is 14.5 Å². The van der Waals surface area contributed by atoms with Crippen LogP contribution in [-0.2, 0) is 25.7 Å². The second kappa shape index (κ2) is 12.7. The summed E-state index contributed by atoms with van der Waals surface area (Å²) in [5.41, 5.74) is 1.31. The zero-order chi connectivity index (χ0) is 24.9. The maximum atomic E-state index is 14.8. The van der Waals surface area contributed by atoms with E-state index in [0.717, 1.165) is 18.4 Å². The fourth-order valence-electron chi connectivity index (χ4n) is 4.50. The van der Waals surface area contributed by atoms with Crippen molar-refractivity contribution >= 4 is 47.1 Å². The number of nitrogens with zero attached hydrogens (tertiary/aromatic N) is 3. The first-order valence-electron chi connectivity index (χ1n) is 11.9. The maximum absolute atomic E-state index is 14.8. The molecule has 2 heterocycles. The molecule has 1 saturated carbocycles. The molecule has 194 valence electrons. The van der Waals surface area contributed by atoms with Gasteiger partial charge in [-0.05, 0) is 43.9 Å². The largest absolute Gasteiger partial charge is 0.465 e. The highest BCUT2D eigenvalue weighted by Crippen LogP contribution is 2.40. The number of thioether (sulfide) groups is 1.